The second-order valence-corrected chi connectivity index (χ2v) is 14.0. The molecule has 1 aliphatic heterocycles. The highest BCUT2D eigenvalue weighted by Gasteiger charge is 2.32. The minimum Gasteiger partial charge on any atom is -0.464 e. The molecule has 252 valence electrons. The molecular formula is C33H29Cl2NO11S. The lowest BCUT2D eigenvalue weighted by atomic mass is 9.89. The molecule has 0 bridgehead atoms. The average molecular weight is 719 g/mol. The smallest absolute Gasteiger partial charge is 0.464 e. The zero-order valence-electron chi connectivity index (χ0n) is 25.6. The SMILES string of the molecule is CC(OC(=O)OO)OC(=O)[C@@H](CC(=O)c1c(Cl)cc2c(c1Cl)CCN(C(=O)c1ccc3ccoc3c1)C2)Cc1cccc(S(C)(=O)=O)c1. The van der Waals surface area contributed by atoms with E-state index in [0.717, 1.165) is 11.6 Å². The maximum Gasteiger partial charge on any atom is 0.543 e. The van der Waals surface area contributed by atoms with E-state index < -0.39 is 46.4 Å². The predicted octanol–water partition coefficient (Wildman–Crippen LogP) is 6.29. The van der Waals surface area contributed by atoms with E-state index >= 15 is 0 Å². The van der Waals surface area contributed by atoms with E-state index in [1.54, 1.807) is 47.6 Å². The first kappa shape index (κ1) is 34.9. The first-order chi connectivity index (χ1) is 22.7. The molecule has 0 saturated carbocycles. The summed E-state index contributed by atoms with van der Waals surface area (Å²) < 4.78 is 39.5. The third-order valence-electron chi connectivity index (χ3n) is 7.87. The molecule has 5 rings (SSSR count). The Morgan fingerprint density at radius 2 is 1.81 bits per heavy atom. The Bertz CT molecular complexity index is 2020. The molecule has 1 unspecified atom stereocenters. The van der Waals surface area contributed by atoms with E-state index in [2.05, 4.69) is 9.62 Å². The van der Waals surface area contributed by atoms with Crippen molar-refractivity contribution in [1.29, 1.82) is 0 Å². The molecular weight excluding hydrogens is 689 g/mol. The topological polar surface area (TPSA) is 167 Å². The standard InChI is InChI=1S/C33H29Cl2NO11S/c1-18(46-33(40)47-41)45-32(39)22(12-19-4-3-5-24(13-19)48(2,42)43)15-27(37)29-26(34)14-23-17-36(10-8-25(23)30(29)35)31(38)21-7-6-20-9-11-44-28(20)16-21/h3-7,9,11,13-14,16,18,22,41H,8,10,12,15,17H2,1-2H3/t18?,22-/m1/s1. The van der Waals surface area contributed by atoms with Gasteiger partial charge in [-0.3, -0.25) is 19.3 Å². The summed E-state index contributed by atoms with van der Waals surface area (Å²) in [5, 5.41) is 9.45. The van der Waals surface area contributed by atoms with Crippen molar-refractivity contribution in [3.8, 4) is 0 Å². The summed E-state index contributed by atoms with van der Waals surface area (Å²) in [4.78, 5) is 56.7. The number of amides is 1. The molecule has 0 spiro atoms. The van der Waals surface area contributed by atoms with Gasteiger partial charge in [0.25, 0.3) is 5.91 Å². The summed E-state index contributed by atoms with van der Waals surface area (Å²) in [7, 11) is -3.58. The molecule has 1 amide bonds. The normalized spacial score (nSPS) is 14.1. The average Bonchev–Trinajstić information content (AvgIpc) is 3.51. The molecule has 0 radical (unpaired) electrons. The van der Waals surface area contributed by atoms with Crippen LogP contribution in [0.4, 0.5) is 4.79 Å². The highest BCUT2D eigenvalue weighted by Crippen LogP contribution is 2.36. The number of nitrogens with zero attached hydrogens (tertiary/aromatic N) is 1. The van der Waals surface area contributed by atoms with E-state index in [-0.39, 0.29) is 39.4 Å². The van der Waals surface area contributed by atoms with Crippen LogP contribution in [0.1, 0.15) is 50.8 Å². The Balaban J connectivity index is 1.38. The summed E-state index contributed by atoms with van der Waals surface area (Å²) in [6, 6.07) is 14.4. The van der Waals surface area contributed by atoms with Gasteiger partial charge in [0.1, 0.15) is 5.58 Å². The van der Waals surface area contributed by atoms with E-state index in [1.807, 2.05) is 0 Å². The Morgan fingerprint density at radius 1 is 1.04 bits per heavy atom. The van der Waals surface area contributed by atoms with Crippen LogP contribution in [0.25, 0.3) is 11.0 Å². The van der Waals surface area contributed by atoms with Crippen molar-refractivity contribution >= 4 is 67.8 Å². The number of hydrogen-bond acceptors (Lipinski definition) is 11. The molecule has 4 aromatic rings. The minimum absolute atomic E-state index is 0.00986. The van der Waals surface area contributed by atoms with Gasteiger partial charge in [0.05, 0.1) is 32.7 Å². The number of rotatable bonds is 10. The van der Waals surface area contributed by atoms with Crippen LogP contribution in [-0.4, -0.2) is 61.5 Å². The Kier molecular flexibility index (Phi) is 10.4. The Labute approximate surface area is 284 Å². The molecule has 1 aliphatic rings. The summed E-state index contributed by atoms with van der Waals surface area (Å²) in [6.45, 7) is 1.70. The molecule has 0 saturated heterocycles. The fraction of sp³-hybridized carbons (Fsp3) is 0.273. The summed E-state index contributed by atoms with van der Waals surface area (Å²) in [5.74, 6) is -2.97. The molecule has 2 atom stereocenters. The van der Waals surface area contributed by atoms with Gasteiger partial charge in [-0.25, -0.2) is 13.2 Å². The predicted molar refractivity (Wildman–Crippen MR) is 173 cm³/mol. The van der Waals surface area contributed by atoms with Crippen molar-refractivity contribution in [1.82, 2.24) is 4.90 Å². The number of carbonyl (C=O) groups is 4. The minimum atomic E-state index is -3.58. The van der Waals surface area contributed by atoms with Crippen molar-refractivity contribution in [3.05, 3.63) is 98.7 Å². The number of hydrogen-bond donors (Lipinski definition) is 1. The highest BCUT2D eigenvalue weighted by molar-refractivity contribution is 7.90. The number of fused-ring (bicyclic) bond motifs is 2. The van der Waals surface area contributed by atoms with E-state index in [0.29, 0.717) is 40.8 Å². The number of halogens is 2. The van der Waals surface area contributed by atoms with Crippen molar-refractivity contribution in [3.63, 3.8) is 0 Å². The fourth-order valence-electron chi connectivity index (χ4n) is 5.54. The van der Waals surface area contributed by atoms with E-state index in [9.17, 15) is 27.6 Å². The second-order valence-electron chi connectivity index (χ2n) is 11.2. The van der Waals surface area contributed by atoms with E-state index in [1.165, 1.54) is 25.1 Å². The third kappa shape index (κ3) is 7.81. The van der Waals surface area contributed by atoms with E-state index in [4.69, 9.17) is 37.6 Å². The molecule has 0 aliphatic carbocycles. The van der Waals surface area contributed by atoms with Crippen LogP contribution in [0.5, 0.6) is 0 Å². The van der Waals surface area contributed by atoms with Gasteiger partial charge in [-0.05, 0) is 65.9 Å². The van der Waals surface area contributed by atoms with Crippen LogP contribution >= 0.6 is 23.2 Å². The van der Waals surface area contributed by atoms with Crippen LogP contribution in [0.2, 0.25) is 10.0 Å². The maximum atomic E-state index is 13.8. The molecule has 1 aromatic heterocycles. The van der Waals surface area contributed by atoms with Crippen LogP contribution in [0.3, 0.4) is 0 Å². The van der Waals surface area contributed by atoms with Gasteiger partial charge in [-0.15, -0.1) is 0 Å². The van der Waals surface area contributed by atoms with Gasteiger partial charge in [0.15, 0.2) is 15.6 Å². The van der Waals surface area contributed by atoms with Crippen LogP contribution in [0, 0.1) is 5.92 Å². The molecule has 0 fully saturated rings. The summed E-state index contributed by atoms with van der Waals surface area (Å²) in [6.07, 6.45) is -0.694. The van der Waals surface area contributed by atoms with Crippen molar-refractivity contribution < 1.29 is 51.6 Å². The van der Waals surface area contributed by atoms with Crippen LogP contribution in [0.15, 0.2) is 70.2 Å². The zero-order valence-corrected chi connectivity index (χ0v) is 27.9. The number of ether oxygens (including phenoxy) is 2. The van der Waals surface area contributed by atoms with Crippen molar-refractivity contribution in [2.75, 3.05) is 12.8 Å². The molecule has 3 aromatic carbocycles. The number of benzene rings is 3. The molecule has 48 heavy (non-hydrogen) atoms. The van der Waals surface area contributed by atoms with Crippen LogP contribution in [-0.2, 0) is 48.4 Å². The quantitative estimate of drug-likeness (QED) is 0.0644. The monoisotopic (exact) mass is 717 g/mol. The van der Waals surface area contributed by atoms with Gasteiger partial charge in [-0.2, -0.15) is 5.26 Å². The maximum absolute atomic E-state index is 13.8. The lowest BCUT2D eigenvalue weighted by Gasteiger charge is -2.30. The summed E-state index contributed by atoms with van der Waals surface area (Å²) >= 11 is 13.4. The van der Waals surface area contributed by atoms with Crippen molar-refractivity contribution in [2.45, 2.75) is 43.9 Å². The molecule has 1 N–H and O–H groups in total. The Morgan fingerprint density at radius 3 is 2.54 bits per heavy atom. The lowest BCUT2D eigenvalue weighted by molar-refractivity contribution is -0.223. The first-order valence-corrected chi connectivity index (χ1v) is 17.2. The second kappa shape index (κ2) is 14.4. The highest BCUT2D eigenvalue weighted by atomic mass is 35.5. The lowest BCUT2D eigenvalue weighted by Crippen LogP contribution is -2.36. The number of esters is 1. The number of ketones is 1. The number of furan rings is 1. The van der Waals surface area contributed by atoms with Gasteiger partial charge in [0.2, 0.25) is 6.29 Å². The fourth-order valence-corrected chi connectivity index (χ4v) is 7.04. The molecule has 2 heterocycles. The number of sulfone groups is 1. The number of Topliss-reactive ketones (excluding diaryl/α,β-unsaturated/α-hetero) is 1. The van der Waals surface area contributed by atoms with Crippen molar-refractivity contribution in [2.24, 2.45) is 5.92 Å². The van der Waals surface area contributed by atoms with Gasteiger partial charge in [0, 0.05) is 43.6 Å². The Hall–Kier alpha value is -4.43. The van der Waals surface area contributed by atoms with Gasteiger partial charge < -0.3 is 18.8 Å². The summed E-state index contributed by atoms with van der Waals surface area (Å²) in [5.41, 5.74) is 2.74. The van der Waals surface area contributed by atoms with Gasteiger partial charge in [-0.1, -0.05) is 41.4 Å². The third-order valence-corrected chi connectivity index (χ3v) is 9.69. The largest absolute Gasteiger partial charge is 0.543 e. The number of carbonyl (C=O) groups excluding carboxylic acids is 4. The first-order valence-electron chi connectivity index (χ1n) is 14.6. The van der Waals surface area contributed by atoms with Crippen LogP contribution < -0.4 is 0 Å². The zero-order chi connectivity index (χ0) is 34.7. The van der Waals surface area contributed by atoms with Gasteiger partial charge >= 0.3 is 12.1 Å². The molecule has 12 nitrogen and oxygen atoms in total. The molecule has 15 heteroatoms.